The topological polar surface area (TPSA) is 78.9 Å². The fourth-order valence-corrected chi connectivity index (χ4v) is 2.84. The number of benzene rings is 1. The van der Waals surface area contributed by atoms with Crippen molar-refractivity contribution in [3.63, 3.8) is 0 Å². The molecule has 1 aromatic carbocycles. The summed E-state index contributed by atoms with van der Waals surface area (Å²) in [6.45, 7) is 1.41. The van der Waals surface area contributed by atoms with Crippen LogP contribution in [0, 0.1) is 0 Å². The maximum atomic E-state index is 5.93. The molecule has 0 aliphatic carbocycles. The number of hydrogen-bond donors (Lipinski definition) is 1. The van der Waals surface area contributed by atoms with Gasteiger partial charge in [-0.3, -0.25) is 0 Å². The van der Waals surface area contributed by atoms with Gasteiger partial charge in [0, 0.05) is 0 Å². The van der Waals surface area contributed by atoms with Crippen molar-refractivity contribution in [2.24, 2.45) is 0 Å². The third-order valence-electron chi connectivity index (χ3n) is 3.88. The Morgan fingerprint density at radius 1 is 1.24 bits per heavy atom. The number of aromatic nitrogens is 4. The summed E-state index contributed by atoms with van der Waals surface area (Å²) in [5, 5.41) is 0. The highest BCUT2D eigenvalue weighted by atomic mass is 16.5. The monoisotopic (exact) mass is 281 g/mol. The summed E-state index contributed by atoms with van der Waals surface area (Å²) in [4.78, 5) is 12.5. The summed E-state index contributed by atoms with van der Waals surface area (Å²) >= 11 is 0. The quantitative estimate of drug-likeness (QED) is 0.773. The molecule has 0 radical (unpaired) electrons. The molecular weight excluding hydrogens is 266 g/mol. The molecule has 3 aromatic rings. The number of nitrogens with zero attached hydrogens (tertiary/aromatic N) is 4. The van der Waals surface area contributed by atoms with Gasteiger partial charge in [-0.15, -0.1) is 0 Å². The van der Waals surface area contributed by atoms with Crippen LogP contribution in [0.5, 0.6) is 0 Å². The zero-order valence-corrected chi connectivity index (χ0v) is 11.4. The smallest absolute Gasteiger partial charge is 0.165 e. The van der Waals surface area contributed by atoms with Crippen LogP contribution in [0.3, 0.4) is 0 Å². The van der Waals surface area contributed by atoms with Gasteiger partial charge in [-0.2, -0.15) is 0 Å². The molecule has 1 aliphatic heterocycles. The average molecular weight is 281 g/mol. The van der Waals surface area contributed by atoms with Gasteiger partial charge in [-0.1, -0.05) is 24.3 Å². The summed E-state index contributed by atoms with van der Waals surface area (Å²) in [5.74, 6) is 0.406. The number of nitrogens with two attached hydrogens (primary N) is 1. The molecule has 1 atom stereocenters. The standard InChI is InChI=1S/C15H15N5O/c16-14-13-15(18-8-17-14)20(9-19-13)7-12-11-4-2-1-3-10(11)5-6-21-12/h1-4,8-9,12H,5-7H2,(H2,16,17,18). The lowest BCUT2D eigenvalue weighted by molar-refractivity contribution is 0.0312. The highest BCUT2D eigenvalue weighted by Crippen LogP contribution is 2.29. The van der Waals surface area contributed by atoms with Crippen molar-refractivity contribution in [3.8, 4) is 0 Å². The maximum Gasteiger partial charge on any atom is 0.165 e. The van der Waals surface area contributed by atoms with E-state index in [0.29, 0.717) is 17.9 Å². The summed E-state index contributed by atoms with van der Waals surface area (Å²) in [6, 6.07) is 8.41. The minimum atomic E-state index is 0.0172. The van der Waals surface area contributed by atoms with Crippen LogP contribution in [0.15, 0.2) is 36.9 Å². The minimum Gasteiger partial charge on any atom is -0.382 e. The van der Waals surface area contributed by atoms with Gasteiger partial charge >= 0.3 is 0 Å². The highest BCUT2D eigenvalue weighted by Gasteiger charge is 2.22. The Balaban J connectivity index is 1.71. The van der Waals surface area contributed by atoms with E-state index in [1.54, 1.807) is 6.33 Å². The van der Waals surface area contributed by atoms with Gasteiger partial charge < -0.3 is 15.0 Å². The summed E-state index contributed by atoms with van der Waals surface area (Å²) in [7, 11) is 0. The molecule has 21 heavy (non-hydrogen) atoms. The van der Waals surface area contributed by atoms with E-state index in [1.807, 2.05) is 10.6 Å². The highest BCUT2D eigenvalue weighted by molar-refractivity contribution is 5.81. The minimum absolute atomic E-state index is 0.0172. The number of nitrogen functional groups attached to an aromatic ring is 1. The van der Waals surface area contributed by atoms with E-state index in [1.165, 1.54) is 17.5 Å². The van der Waals surface area contributed by atoms with E-state index in [2.05, 4.69) is 33.2 Å². The number of ether oxygens (including phenoxy) is 1. The number of imidazole rings is 1. The van der Waals surface area contributed by atoms with E-state index >= 15 is 0 Å². The lowest BCUT2D eigenvalue weighted by Crippen LogP contribution is -2.20. The number of rotatable bonds is 2. The van der Waals surface area contributed by atoms with E-state index in [9.17, 15) is 0 Å². The molecule has 4 rings (SSSR count). The van der Waals surface area contributed by atoms with Crippen LogP contribution in [0.4, 0.5) is 5.82 Å². The molecule has 6 nitrogen and oxygen atoms in total. The van der Waals surface area contributed by atoms with Crippen LogP contribution >= 0.6 is 0 Å². The van der Waals surface area contributed by atoms with Crippen LogP contribution in [0.2, 0.25) is 0 Å². The van der Waals surface area contributed by atoms with Crippen molar-refractivity contribution in [1.29, 1.82) is 0 Å². The number of fused-ring (bicyclic) bond motifs is 2. The van der Waals surface area contributed by atoms with Gasteiger partial charge in [0.05, 0.1) is 19.5 Å². The molecule has 0 bridgehead atoms. The van der Waals surface area contributed by atoms with Crippen molar-refractivity contribution in [1.82, 2.24) is 19.5 Å². The molecule has 0 spiro atoms. The Labute approximate surface area is 121 Å². The van der Waals surface area contributed by atoms with Crippen molar-refractivity contribution in [3.05, 3.63) is 48.0 Å². The molecule has 106 valence electrons. The predicted octanol–water partition coefficient (Wildman–Crippen LogP) is 1.72. The first-order valence-electron chi connectivity index (χ1n) is 6.93. The maximum absolute atomic E-state index is 5.93. The normalized spacial score (nSPS) is 17.8. The van der Waals surface area contributed by atoms with Crippen LogP contribution in [0.1, 0.15) is 17.2 Å². The fraction of sp³-hybridized carbons (Fsp3) is 0.267. The SMILES string of the molecule is Nc1ncnc2c1ncn2CC1OCCc2ccccc21. The van der Waals surface area contributed by atoms with Gasteiger partial charge in [0.1, 0.15) is 17.9 Å². The largest absolute Gasteiger partial charge is 0.382 e. The second kappa shape index (κ2) is 4.82. The predicted molar refractivity (Wildman–Crippen MR) is 78.6 cm³/mol. The van der Waals surface area contributed by atoms with Crippen LogP contribution < -0.4 is 5.73 Å². The summed E-state index contributed by atoms with van der Waals surface area (Å²) < 4.78 is 7.91. The van der Waals surface area contributed by atoms with Gasteiger partial charge in [0.25, 0.3) is 0 Å². The third-order valence-corrected chi connectivity index (χ3v) is 3.88. The van der Waals surface area contributed by atoms with Crippen molar-refractivity contribution in [2.45, 2.75) is 19.1 Å². The lowest BCUT2D eigenvalue weighted by Gasteiger charge is -2.26. The molecule has 2 N–H and O–H groups in total. The summed E-state index contributed by atoms with van der Waals surface area (Å²) in [5.41, 5.74) is 9.80. The van der Waals surface area contributed by atoms with Crippen LogP contribution in [-0.2, 0) is 17.7 Å². The van der Waals surface area contributed by atoms with E-state index in [0.717, 1.165) is 18.7 Å². The third kappa shape index (κ3) is 2.04. The van der Waals surface area contributed by atoms with Gasteiger partial charge in [-0.05, 0) is 17.5 Å². The second-order valence-corrected chi connectivity index (χ2v) is 5.14. The first-order chi connectivity index (χ1) is 10.3. The van der Waals surface area contributed by atoms with Gasteiger partial charge in [0.15, 0.2) is 11.5 Å². The van der Waals surface area contributed by atoms with Crippen molar-refractivity contribution >= 4 is 17.0 Å². The molecule has 6 heteroatoms. The zero-order chi connectivity index (χ0) is 14.2. The second-order valence-electron chi connectivity index (χ2n) is 5.14. The Bertz CT molecular complexity index is 798. The molecule has 1 unspecified atom stereocenters. The summed E-state index contributed by atoms with van der Waals surface area (Å²) in [6.07, 6.45) is 4.19. The Hall–Kier alpha value is -2.47. The fourth-order valence-electron chi connectivity index (χ4n) is 2.84. The first-order valence-corrected chi connectivity index (χ1v) is 6.93. The van der Waals surface area contributed by atoms with Crippen LogP contribution in [0.25, 0.3) is 11.2 Å². The molecule has 0 fully saturated rings. The van der Waals surface area contributed by atoms with E-state index in [4.69, 9.17) is 10.5 Å². The molecule has 0 saturated heterocycles. The molecule has 0 saturated carbocycles. The van der Waals surface area contributed by atoms with Crippen molar-refractivity contribution < 1.29 is 4.74 Å². The van der Waals surface area contributed by atoms with Crippen molar-refractivity contribution in [2.75, 3.05) is 12.3 Å². The van der Waals surface area contributed by atoms with Crippen LogP contribution in [-0.4, -0.2) is 26.1 Å². The van der Waals surface area contributed by atoms with E-state index in [-0.39, 0.29) is 6.10 Å². The molecular formula is C15H15N5O. The number of anilines is 1. The zero-order valence-electron chi connectivity index (χ0n) is 11.4. The molecule has 0 amide bonds. The Morgan fingerprint density at radius 3 is 3.10 bits per heavy atom. The lowest BCUT2D eigenvalue weighted by atomic mass is 9.97. The first kappa shape index (κ1) is 12.3. The Kier molecular flexibility index (Phi) is 2.82. The molecule has 1 aliphatic rings. The number of hydrogen-bond acceptors (Lipinski definition) is 5. The van der Waals surface area contributed by atoms with Gasteiger partial charge in [0.2, 0.25) is 0 Å². The average Bonchev–Trinajstić information content (AvgIpc) is 2.92. The Morgan fingerprint density at radius 2 is 2.14 bits per heavy atom. The van der Waals surface area contributed by atoms with Gasteiger partial charge in [-0.25, -0.2) is 15.0 Å². The molecule has 2 aromatic heterocycles. The molecule has 3 heterocycles. The van der Waals surface area contributed by atoms with E-state index < -0.39 is 0 Å².